The second-order valence-corrected chi connectivity index (χ2v) is 7.77. The summed E-state index contributed by atoms with van der Waals surface area (Å²) in [7, 11) is 1.89. The SMILES string of the molecule is Cn1c(SCC(=O)Nc2nnc(-c3ccccc3)s2)nnc1-c1ccccc1. The molecule has 9 heteroatoms. The van der Waals surface area contributed by atoms with Crippen molar-refractivity contribution in [1.82, 2.24) is 25.0 Å². The second kappa shape index (κ2) is 8.32. The number of nitrogens with one attached hydrogen (secondary N) is 1. The number of aromatic nitrogens is 5. The summed E-state index contributed by atoms with van der Waals surface area (Å²) in [5.74, 6) is 0.811. The van der Waals surface area contributed by atoms with Crippen LogP contribution in [0.2, 0.25) is 0 Å². The Balaban J connectivity index is 1.37. The topological polar surface area (TPSA) is 85.6 Å². The Morgan fingerprint density at radius 2 is 1.64 bits per heavy atom. The highest BCUT2D eigenvalue weighted by Gasteiger charge is 2.14. The van der Waals surface area contributed by atoms with Crippen molar-refractivity contribution in [2.45, 2.75) is 5.16 Å². The molecule has 2 aromatic heterocycles. The average Bonchev–Trinajstić information content (AvgIpc) is 3.34. The van der Waals surface area contributed by atoms with Crippen molar-refractivity contribution in [3.8, 4) is 22.0 Å². The van der Waals surface area contributed by atoms with Crippen LogP contribution < -0.4 is 5.32 Å². The largest absolute Gasteiger partial charge is 0.305 e. The van der Waals surface area contributed by atoms with Gasteiger partial charge in [0.15, 0.2) is 11.0 Å². The molecule has 0 aliphatic rings. The van der Waals surface area contributed by atoms with Gasteiger partial charge in [-0.05, 0) is 0 Å². The van der Waals surface area contributed by atoms with E-state index in [0.29, 0.717) is 10.3 Å². The van der Waals surface area contributed by atoms with Gasteiger partial charge in [0.2, 0.25) is 11.0 Å². The summed E-state index contributed by atoms with van der Waals surface area (Å²) >= 11 is 2.67. The van der Waals surface area contributed by atoms with E-state index in [1.807, 2.05) is 72.3 Å². The van der Waals surface area contributed by atoms with Crippen LogP contribution in [0.15, 0.2) is 65.8 Å². The molecule has 1 N–H and O–H groups in total. The number of hydrogen-bond donors (Lipinski definition) is 1. The molecule has 0 spiro atoms. The number of thioether (sulfide) groups is 1. The van der Waals surface area contributed by atoms with Gasteiger partial charge in [0.1, 0.15) is 5.01 Å². The molecular formula is C19H16N6OS2. The Morgan fingerprint density at radius 1 is 0.964 bits per heavy atom. The van der Waals surface area contributed by atoms with Crippen molar-refractivity contribution >= 4 is 34.1 Å². The lowest BCUT2D eigenvalue weighted by atomic mass is 10.2. The van der Waals surface area contributed by atoms with Gasteiger partial charge in [-0.3, -0.25) is 10.1 Å². The molecule has 0 saturated heterocycles. The monoisotopic (exact) mass is 408 g/mol. The number of anilines is 1. The number of nitrogens with zero attached hydrogens (tertiary/aromatic N) is 5. The molecule has 0 fully saturated rings. The molecule has 0 atom stereocenters. The van der Waals surface area contributed by atoms with Crippen LogP contribution in [0.5, 0.6) is 0 Å². The highest BCUT2D eigenvalue weighted by Crippen LogP contribution is 2.26. The molecule has 0 radical (unpaired) electrons. The number of hydrogen-bond acceptors (Lipinski definition) is 7. The summed E-state index contributed by atoms with van der Waals surface area (Å²) in [6.45, 7) is 0. The van der Waals surface area contributed by atoms with Crippen LogP contribution in [-0.4, -0.2) is 36.6 Å². The Morgan fingerprint density at radius 3 is 2.36 bits per heavy atom. The van der Waals surface area contributed by atoms with E-state index in [2.05, 4.69) is 25.7 Å². The van der Waals surface area contributed by atoms with Gasteiger partial charge in [0, 0.05) is 18.2 Å². The molecular weight excluding hydrogens is 392 g/mol. The zero-order chi connectivity index (χ0) is 19.3. The average molecular weight is 409 g/mol. The van der Waals surface area contributed by atoms with Gasteiger partial charge in [0.25, 0.3) is 0 Å². The first-order valence-corrected chi connectivity index (χ1v) is 10.3. The zero-order valence-corrected chi connectivity index (χ0v) is 16.6. The van der Waals surface area contributed by atoms with Gasteiger partial charge in [-0.15, -0.1) is 20.4 Å². The number of carbonyl (C=O) groups is 1. The fraction of sp³-hybridized carbons (Fsp3) is 0.105. The van der Waals surface area contributed by atoms with Crippen LogP contribution in [0.4, 0.5) is 5.13 Å². The molecule has 140 valence electrons. The maximum absolute atomic E-state index is 12.3. The Labute approximate surface area is 169 Å². The first kappa shape index (κ1) is 18.3. The third-order valence-corrected chi connectivity index (χ3v) is 5.80. The van der Waals surface area contributed by atoms with Crippen molar-refractivity contribution in [1.29, 1.82) is 0 Å². The highest BCUT2D eigenvalue weighted by atomic mass is 32.2. The summed E-state index contributed by atoms with van der Waals surface area (Å²) in [5.41, 5.74) is 1.96. The van der Waals surface area contributed by atoms with Gasteiger partial charge in [0.05, 0.1) is 5.75 Å². The van der Waals surface area contributed by atoms with Crippen LogP contribution >= 0.6 is 23.1 Å². The van der Waals surface area contributed by atoms with Crippen LogP contribution in [0.25, 0.3) is 22.0 Å². The molecule has 2 aromatic carbocycles. The summed E-state index contributed by atoms with van der Waals surface area (Å²) < 4.78 is 1.88. The smallest absolute Gasteiger partial charge is 0.236 e. The molecule has 0 unspecified atom stereocenters. The number of amides is 1. The lowest BCUT2D eigenvalue weighted by Gasteiger charge is -2.03. The normalized spacial score (nSPS) is 10.8. The minimum absolute atomic E-state index is 0.162. The predicted octanol–water partition coefficient (Wildman–Crippen LogP) is 3.73. The quantitative estimate of drug-likeness (QED) is 0.489. The maximum atomic E-state index is 12.3. The first-order valence-electron chi connectivity index (χ1n) is 8.47. The molecule has 28 heavy (non-hydrogen) atoms. The molecule has 4 aromatic rings. The van der Waals surface area contributed by atoms with Crippen molar-refractivity contribution in [3.05, 3.63) is 60.7 Å². The van der Waals surface area contributed by atoms with E-state index in [1.165, 1.54) is 23.1 Å². The molecule has 1 amide bonds. The van der Waals surface area contributed by atoms with E-state index in [1.54, 1.807) is 0 Å². The van der Waals surface area contributed by atoms with Gasteiger partial charge >= 0.3 is 0 Å². The van der Waals surface area contributed by atoms with Crippen molar-refractivity contribution < 1.29 is 4.79 Å². The van der Waals surface area contributed by atoms with Crippen LogP contribution in [0.3, 0.4) is 0 Å². The summed E-state index contributed by atoms with van der Waals surface area (Å²) in [4.78, 5) is 12.3. The Bertz CT molecular complexity index is 1080. The summed E-state index contributed by atoms with van der Waals surface area (Å²) in [6, 6.07) is 19.6. The Kier molecular flexibility index (Phi) is 5.45. The summed E-state index contributed by atoms with van der Waals surface area (Å²) in [5, 5.41) is 21.3. The molecule has 0 saturated carbocycles. The fourth-order valence-electron chi connectivity index (χ4n) is 2.54. The highest BCUT2D eigenvalue weighted by molar-refractivity contribution is 7.99. The van der Waals surface area contributed by atoms with E-state index in [-0.39, 0.29) is 11.7 Å². The van der Waals surface area contributed by atoms with E-state index >= 15 is 0 Å². The number of rotatable bonds is 6. The lowest BCUT2D eigenvalue weighted by molar-refractivity contribution is -0.113. The van der Waals surface area contributed by atoms with Crippen molar-refractivity contribution in [2.24, 2.45) is 7.05 Å². The van der Waals surface area contributed by atoms with Gasteiger partial charge in [-0.2, -0.15) is 0 Å². The van der Waals surface area contributed by atoms with Crippen molar-refractivity contribution in [3.63, 3.8) is 0 Å². The zero-order valence-electron chi connectivity index (χ0n) is 14.9. The number of carbonyl (C=O) groups excluding carboxylic acids is 1. The van der Waals surface area contributed by atoms with E-state index in [4.69, 9.17) is 0 Å². The molecule has 0 aliphatic carbocycles. The maximum Gasteiger partial charge on any atom is 0.236 e. The number of benzene rings is 2. The first-order chi connectivity index (χ1) is 13.7. The molecule has 0 aliphatic heterocycles. The third-order valence-electron chi connectivity index (χ3n) is 3.89. The standard InChI is InChI=1S/C19H16N6OS2/c1-25-16(13-8-4-2-5-9-13)21-24-19(25)27-12-15(26)20-18-23-22-17(28-18)14-10-6-3-7-11-14/h2-11H,12H2,1H3,(H,20,23,26). The third kappa shape index (κ3) is 4.10. The van der Waals surface area contributed by atoms with E-state index in [9.17, 15) is 4.79 Å². The minimum atomic E-state index is -0.162. The van der Waals surface area contributed by atoms with Crippen LogP contribution in [0, 0.1) is 0 Å². The lowest BCUT2D eigenvalue weighted by Crippen LogP contribution is -2.14. The van der Waals surface area contributed by atoms with Gasteiger partial charge < -0.3 is 4.57 Å². The van der Waals surface area contributed by atoms with Crippen molar-refractivity contribution in [2.75, 3.05) is 11.1 Å². The minimum Gasteiger partial charge on any atom is -0.305 e. The van der Waals surface area contributed by atoms with Crippen LogP contribution in [-0.2, 0) is 11.8 Å². The van der Waals surface area contributed by atoms with Gasteiger partial charge in [-0.1, -0.05) is 83.8 Å². The predicted molar refractivity (Wildman–Crippen MR) is 111 cm³/mol. The van der Waals surface area contributed by atoms with Gasteiger partial charge in [-0.25, -0.2) is 0 Å². The molecule has 2 heterocycles. The molecule has 7 nitrogen and oxygen atoms in total. The second-order valence-electron chi connectivity index (χ2n) is 5.85. The Hall–Kier alpha value is -3.04. The fourth-order valence-corrected chi connectivity index (χ4v) is 4.01. The summed E-state index contributed by atoms with van der Waals surface area (Å²) in [6.07, 6.45) is 0. The molecule has 0 bridgehead atoms. The van der Waals surface area contributed by atoms with E-state index in [0.717, 1.165) is 22.0 Å². The van der Waals surface area contributed by atoms with Crippen LogP contribution in [0.1, 0.15) is 0 Å². The molecule has 4 rings (SSSR count). The van der Waals surface area contributed by atoms with E-state index < -0.39 is 0 Å².